The van der Waals surface area contributed by atoms with E-state index in [1.54, 1.807) is 10.7 Å². The van der Waals surface area contributed by atoms with E-state index in [1.807, 2.05) is 19.1 Å². The minimum atomic E-state index is -0.128. The molecule has 3 heterocycles. The van der Waals surface area contributed by atoms with E-state index < -0.39 is 0 Å². The van der Waals surface area contributed by atoms with Crippen LogP contribution < -0.4 is 10.9 Å². The molecule has 2 aliphatic rings. The lowest BCUT2D eigenvalue weighted by atomic mass is 10.1. The Bertz CT molecular complexity index is 771. The Labute approximate surface area is 133 Å². The lowest BCUT2D eigenvalue weighted by Gasteiger charge is -2.21. The van der Waals surface area contributed by atoms with Gasteiger partial charge >= 0.3 is 0 Å². The van der Waals surface area contributed by atoms with Gasteiger partial charge in [-0.2, -0.15) is 10.2 Å². The molecule has 1 aliphatic carbocycles. The molecule has 0 saturated carbocycles. The highest BCUT2D eigenvalue weighted by Gasteiger charge is 2.32. The van der Waals surface area contributed by atoms with Crippen molar-refractivity contribution in [2.45, 2.75) is 38.3 Å². The van der Waals surface area contributed by atoms with Crippen molar-refractivity contribution >= 4 is 5.82 Å². The summed E-state index contributed by atoms with van der Waals surface area (Å²) < 4.78 is 7.16. The van der Waals surface area contributed by atoms with Crippen LogP contribution in [0.3, 0.4) is 0 Å². The fourth-order valence-electron chi connectivity index (χ4n) is 3.24. The summed E-state index contributed by atoms with van der Waals surface area (Å²) in [6.45, 7) is 2.89. The predicted molar refractivity (Wildman–Crippen MR) is 84.6 cm³/mol. The first-order valence-electron chi connectivity index (χ1n) is 7.97. The van der Waals surface area contributed by atoms with Gasteiger partial charge in [0, 0.05) is 6.07 Å². The highest BCUT2D eigenvalue weighted by atomic mass is 16.5. The number of aromatic nitrogens is 4. The van der Waals surface area contributed by atoms with Crippen molar-refractivity contribution in [3.8, 4) is 0 Å². The lowest BCUT2D eigenvalue weighted by molar-refractivity contribution is 0.182. The first-order valence-corrected chi connectivity index (χ1v) is 7.97. The van der Waals surface area contributed by atoms with Crippen LogP contribution in [0.5, 0.6) is 0 Å². The number of fused-ring (bicyclic) bond motifs is 1. The number of ether oxygens (including phenoxy) is 1. The van der Waals surface area contributed by atoms with E-state index in [2.05, 4.69) is 20.6 Å². The SMILES string of the molecule is Cc1ccc(NC2COCC2n2nc3c(cc2=O)CCC3)nn1. The van der Waals surface area contributed by atoms with Gasteiger partial charge in [0.2, 0.25) is 0 Å². The van der Waals surface area contributed by atoms with Gasteiger partial charge in [0.15, 0.2) is 0 Å². The molecule has 1 N–H and O–H groups in total. The minimum absolute atomic E-state index is 0.0448. The van der Waals surface area contributed by atoms with E-state index in [9.17, 15) is 4.79 Å². The molecule has 1 fully saturated rings. The number of nitrogens with zero attached hydrogens (tertiary/aromatic N) is 4. The molecule has 0 aromatic carbocycles. The van der Waals surface area contributed by atoms with Crippen molar-refractivity contribution in [1.82, 2.24) is 20.0 Å². The van der Waals surface area contributed by atoms with Gasteiger partial charge in [-0.25, -0.2) is 4.68 Å². The van der Waals surface area contributed by atoms with Crippen molar-refractivity contribution in [1.29, 1.82) is 0 Å². The summed E-state index contributed by atoms with van der Waals surface area (Å²) in [6, 6.07) is 5.35. The lowest BCUT2D eigenvalue weighted by Crippen LogP contribution is -2.38. The Balaban J connectivity index is 1.60. The Morgan fingerprint density at radius 3 is 3.00 bits per heavy atom. The number of hydrogen-bond donors (Lipinski definition) is 1. The third-order valence-corrected chi connectivity index (χ3v) is 4.48. The second kappa shape index (κ2) is 5.73. The van der Waals surface area contributed by atoms with Gasteiger partial charge in [0.25, 0.3) is 5.56 Å². The van der Waals surface area contributed by atoms with Crippen LogP contribution in [0, 0.1) is 6.92 Å². The Hall–Kier alpha value is -2.28. The zero-order chi connectivity index (χ0) is 15.8. The van der Waals surface area contributed by atoms with E-state index >= 15 is 0 Å². The number of anilines is 1. The van der Waals surface area contributed by atoms with Crippen LogP contribution in [0.15, 0.2) is 23.0 Å². The van der Waals surface area contributed by atoms with Gasteiger partial charge in [-0.3, -0.25) is 4.79 Å². The van der Waals surface area contributed by atoms with Crippen LogP contribution in [0.2, 0.25) is 0 Å². The van der Waals surface area contributed by atoms with E-state index in [-0.39, 0.29) is 17.6 Å². The zero-order valence-corrected chi connectivity index (χ0v) is 13.0. The normalized spacial score (nSPS) is 23.0. The number of hydrogen-bond acceptors (Lipinski definition) is 6. The zero-order valence-electron chi connectivity index (χ0n) is 13.0. The second-order valence-corrected chi connectivity index (χ2v) is 6.17. The second-order valence-electron chi connectivity index (χ2n) is 6.17. The van der Waals surface area contributed by atoms with Crippen molar-refractivity contribution in [3.63, 3.8) is 0 Å². The molecule has 4 rings (SSSR count). The van der Waals surface area contributed by atoms with Gasteiger partial charge < -0.3 is 10.1 Å². The summed E-state index contributed by atoms with van der Waals surface area (Å²) in [7, 11) is 0. The Kier molecular flexibility index (Phi) is 3.57. The molecule has 0 radical (unpaired) electrons. The largest absolute Gasteiger partial charge is 0.377 e. The number of nitrogens with one attached hydrogen (secondary N) is 1. The van der Waals surface area contributed by atoms with Crippen LogP contribution in [0.25, 0.3) is 0 Å². The summed E-state index contributed by atoms with van der Waals surface area (Å²) in [5, 5.41) is 16.1. The maximum absolute atomic E-state index is 12.4. The maximum Gasteiger partial charge on any atom is 0.267 e. The van der Waals surface area contributed by atoms with Crippen LogP contribution in [0.1, 0.15) is 29.4 Å². The average Bonchev–Trinajstić information content (AvgIpc) is 3.17. The topological polar surface area (TPSA) is 81.9 Å². The fraction of sp³-hybridized carbons (Fsp3) is 0.500. The average molecular weight is 313 g/mol. The van der Waals surface area contributed by atoms with E-state index in [1.165, 1.54) is 0 Å². The first kappa shape index (κ1) is 14.3. The third kappa shape index (κ3) is 2.72. The van der Waals surface area contributed by atoms with Crippen LogP contribution in [-0.2, 0) is 17.6 Å². The smallest absolute Gasteiger partial charge is 0.267 e. The van der Waals surface area contributed by atoms with E-state index in [4.69, 9.17) is 4.74 Å². The van der Waals surface area contributed by atoms with Crippen molar-refractivity contribution in [2.24, 2.45) is 0 Å². The van der Waals surface area contributed by atoms with Crippen LogP contribution >= 0.6 is 0 Å². The molecule has 1 aliphatic heterocycles. The van der Waals surface area contributed by atoms with Crippen molar-refractivity contribution in [2.75, 3.05) is 18.5 Å². The molecule has 2 aromatic heterocycles. The molecule has 2 atom stereocenters. The molecule has 0 spiro atoms. The molecule has 2 aromatic rings. The van der Waals surface area contributed by atoms with Gasteiger partial charge in [0.1, 0.15) is 11.9 Å². The quantitative estimate of drug-likeness (QED) is 0.906. The monoisotopic (exact) mass is 313 g/mol. The van der Waals surface area contributed by atoms with E-state index in [0.717, 1.165) is 36.2 Å². The molecule has 1 saturated heterocycles. The minimum Gasteiger partial charge on any atom is -0.377 e. The standard InChI is InChI=1S/C16H19N5O2/c1-10-5-6-15(19-18-10)17-13-8-23-9-14(13)21-16(22)7-11-3-2-4-12(11)20-21/h5-7,13-14H,2-4,8-9H2,1H3,(H,17,19). The predicted octanol–water partition coefficient (Wildman–Crippen LogP) is 0.882. The molecule has 7 nitrogen and oxygen atoms in total. The van der Waals surface area contributed by atoms with Gasteiger partial charge in [0.05, 0.1) is 30.6 Å². The molecule has 0 bridgehead atoms. The maximum atomic E-state index is 12.4. The number of rotatable bonds is 3. The van der Waals surface area contributed by atoms with Crippen LogP contribution in [0.4, 0.5) is 5.82 Å². The van der Waals surface area contributed by atoms with Crippen molar-refractivity contribution in [3.05, 3.63) is 45.5 Å². The van der Waals surface area contributed by atoms with Gasteiger partial charge in [-0.1, -0.05) is 0 Å². The van der Waals surface area contributed by atoms with Gasteiger partial charge in [-0.15, -0.1) is 5.10 Å². The fourth-order valence-corrected chi connectivity index (χ4v) is 3.24. The summed E-state index contributed by atoms with van der Waals surface area (Å²) in [5.41, 5.74) is 2.96. The third-order valence-electron chi connectivity index (χ3n) is 4.48. The highest BCUT2D eigenvalue weighted by Crippen LogP contribution is 2.23. The van der Waals surface area contributed by atoms with Gasteiger partial charge in [-0.05, 0) is 43.9 Å². The summed E-state index contributed by atoms with van der Waals surface area (Å²) in [6.07, 6.45) is 2.98. The molecular formula is C16H19N5O2. The highest BCUT2D eigenvalue weighted by molar-refractivity contribution is 5.35. The van der Waals surface area contributed by atoms with E-state index in [0.29, 0.717) is 19.0 Å². The molecule has 0 amide bonds. The summed E-state index contributed by atoms with van der Waals surface area (Å²) >= 11 is 0. The summed E-state index contributed by atoms with van der Waals surface area (Å²) in [4.78, 5) is 12.4. The molecule has 2 unspecified atom stereocenters. The Morgan fingerprint density at radius 2 is 2.17 bits per heavy atom. The molecular weight excluding hydrogens is 294 g/mol. The molecule has 120 valence electrons. The summed E-state index contributed by atoms with van der Waals surface area (Å²) in [5.74, 6) is 0.685. The number of aryl methyl sites for hydroxylation is 3. The molecule has 23 heavy (non-hydrogen) atoms. The van der Waals surface area contributed by atoms with Crippen LogP contribution in [-0.4, -0.2) is 39.2 Å². The first-order chi connectivity index (χ1) is 11.2. The molecule has 7 heteroatoms. The Morgan fingerprint density at radius 1 is 1.26 bits per heavy atom. The van der Waals surface area contributed by atoms with Crippen molar-refractivity contribution < 1.29 is 4.74 Å².